The van der Waals surface area contributed by atoms with Crippen LogP contribution in [0.2, 0.25) is 0 Å². The number of anilines is 1. The predicted octanol–water partition coefficient (Wildman–Crippen LogP) is 1.65. The number of phenolic OH excluding ortho intramolecular Hbond substituents is 1. The number of nitrogens with one attached hydrogen (secondary N) is 2. The second-order valence-corrected chi connectivity index (χ2v) is 5.19. The van der Waals surface area contributed by atoms with Crippen molar-refractivity contribution in [2.45, 2.75) is 26.3 Å². The zero-order chi connectivity index (χ0) is 14.5. The summed E-state index contributed by atoms with van der Waals surface area (Å²) in [5.74, 6) is -0.00756. The molecule has 1 heterocycles. The summed E-state index contributed by atoms with van der Waals surface area (Å²) in [5, 5.41) is 15.6. The lowest BCUT2D eigenvalue weighted by Crippen LogP contribution is -2.41. The normalized spacial score (nSPS) is 21.9. The molecule has 0 aliphatic carbocycles. The van der Waals surface area contributed by atoms with E-state index in [9.17, 15) is 9.90 Å². The number of benzene rings is 1. The third-order valence-corrected chi connectivity index (χ3v) is 3.54. The molecule has 1 aliphatic heterocycles. The zero-order valence-corrected chi connectivity index (χ0v) is 12.0. The lowest BCUT2D eigenvalue weighted by Gasteiger charge is -2.19. The Morgan fingerprint density at radius 2 is 2.25 bits per heavy atom. The van der Waals surface area contributed by atoms with Gasteiger partial charge in [0.25, 0.3) is 0 Å². The van der Waals surface area contributed by atoms with Crippen molar-refractivity contribution in [1.82, 2.24) is 5.32 Å². The van der Waals surface area contributed by atoms with Crippen molar-refractivity contribution >= 4 is 11.6 Å². The van der Waals surface area contributed by atoms with Crippen molar-refractivity contribution in [1.29, 1.82) is 0 Å². The molecular formula is C15H22N2O3. The molecule has 110 valence electrons. The zero-order valence-electron chi connectivity index (χ0n) is 12.0. The number of rotatable bonds is 5. The van der Waals surface area contributed by atoms with Crippen molar-refractivity contribution < 1.29 is 14.6 Å². The van der Waals surface area contributed by atoms with E-state index in [0.29, 0.717) is 13.2 Å². The molecule has 3 N–H and O–H groups in total. The molecule has 1 aromatic carbocycles. The number of carbonyl (C=O) groups excluding carboxylic acids is 1. The third kappa shape index (κ3) is 3.49. The monoisotopic (exact) mass is 278 g/mol. The lowest BCUT2D eigenvalue weighted by molar-refractivity contribution is -0.120. The Bertz CT molecular complexity index is 476. The van der Waals surface area contributed by atoms with Crippen LogP contribution in [0.4, 0.5) is 5.69 Å². The van der Waals surface area contributed by atoms with Crippen molar-refractivity contribution in [3.8, 4) is 5.75 Å². The first-order valence-electron chi connectivity index (χ1n) is 7.03. The minimum absolute atomic E-state index is 0.0371. The highest BCUT2D eigenvalue weighted by atomic mass is 16.5. The molecule has 1 aliphatic rings. The summed E-state index contributed by atoms with van der Waals surface area (Å²) in [6, 6.07) is 4.99. The fourth-order valence-corrected chi connectivity index (χ4v) is 2.36. The molecule has 0 bridgehead atoms. The van der Waals surface area contributed by atoms with Gasteiger partial charge in [0.15, 0.2) is 0 Å². The Kier molecular flexibility index (Phi) is 4.98. The van der Waals surface area contributed by atoms with Crippen LogP contribution in [-0.4, -0.2) is 36.8 Å². The molecule has 0 saturated carbocycles. The second-order valence-electron chi connectivity index (χ2n) is 5.19. The van der Waals surface area contributed by atoms with Gasteiger partial charge in [-0.1, -0.05) is 6.92 Å². The summed E-state index contributed by atoms with van der Waals surface area (Å²) in [5.41, 5.74) is 1.57. The number of carbonyl (C=O) groups is 1. The molecule has 5 nitrogen and oxygen atoms in total. The molecule has 2 unspecified atom stereocenters. The van der Waals surface area contributed by atoms with Crippen LogP contribution >= 0.6 is 0 Å². The molecule has 1 aromatic rings. The molecule has 5 heteroatoms. The topological polar surface area (TPSA) is 70.6 Å². The van der Waals surface area contributed by atoms with Crippen LogP contribution in [0.25, 0.3) is 0 Å². The fraction of sp³-hybridized carbons (Fsp3) is 0.533. The summed E-state index contributed by atoms with van der Waals surface area (Å²) in [4.78, 5) is 12.3. The summed E-state index contributed by atoms with van der Waals surface area (Å²) in [6.07, 6.45) is 1.03. The smallest absolute Gasteiger partial charge is 0.231 e. The minimum atomic E-state index is -0.172. The standard InChI is InChI=1S/C15H22N2O3/c1-3-6-16-14-9-20-8-12(14)15(19)17-13-5-4-11(18)7-10(13)2/h4-5,7,12,14,16,18H,3,6,8-9H2,1-2H3,(H,17,19). The Balaban J connectivity index is 2.00. The molecule has 1 amide bonds. The molecule has 0 aromatic heterocycles. The van der Waals surface area contributed by atoms with Crippen LogP contribution in [0.15, 0.2) is 18.2 Å². The maximum atomic E-state index is 12.3. The number of phenols is 1. The summed E-state index contributed by atoms with van der Waals surface area (Å²) < 4.78 is 5.41. The van der Waals surface area contributed by atoms with E-state index in [0.717, 1.165) is 24.2 Å². The van der Waals surface area contributed by atoms with Gasteiger partial charge in [-0.2, -0.15) is 0 Å². The van der Waals surface area contributed by atoms with E-state index in [2.05, 4.69) is 17.6 Å². The maximum absolute atomic E-state index is 12.3. The molecule has 1 fully saturated rings. The van der Waals surface area contributed by atoms with Gasteiger partial charge in [-0.15, -0.1) is 0 Å². The first-order valence-corrected chi connectivity index (χ1v) is 7.03. The van der Waals surface area contributed by atoms with Crippen molar-refractivity contribution in [2.75, 3.05) is 25.1 Å². The Morgan fingerprint density at radius 3 is 2.95 bits per heavy atom. The molecule has 2 atom stereocenters. The van der Waals surface area contributed by atoms with Gasteiger partial charge in [-0.25, -0.2) is 0 Å². The van der Waals surface area contributed by atoms with E-state index in [1.54, 1.807) is 18.2 Å². The Labute approximate surface area is 119 Å². The van der Waals surface area contributed by atoms with Crippen LogP contribution in [0, 0.1) is 12.8 Å². The fourth-order valence-electron chi connectivity index (χ4n) is 2.36. The van der Waals surface area contributed by atoms with Gasteiger partial charge in [0, 0.05) is 11.7 Å². The summed E-state index contributed by atoms with van der Waals surface area (Å²) >= 11 is 0. The van der Waals surface area contributed by atoms with E-state index >= 15 is 0 Å². The van der Waals surface area contributed by atoms with E-state index in [1.807, 2.05) is 6.92 Å². The number of hydrogen-bond donors (Lipinski definition) is 3. The van der Waals surface area contributed by atoms with Crippen LogP contribution in [0.1, 0.15) is 18.9 Å². The van der Waals surface area contributed by atoms with E-state index in [-0.39, 0.29) is 23.6 Å². The summed E-state index contributed by atoms with van der Waals surface area (Å²) in [7, 11) is 0. The highest BCUT2D eigenvalue weighted by Gasteiger charge is 2.33. The summed E-state index contributed by atoms with van der Waals surface area (Å²) in [6.45, 7) is 5.86. The van der Waals surface area contributed by atoms with Gasteiger partial charge in [0.05, 0.1) is 19.1 Å². The highest BCUT2D eigenvalue weighted by Crippen LogP contribution is 2.22. The molecule has 2 rings (SSSR count). The van der Waals surface area contributed by atoms with Gasteiger partial charge in [0.1, 0.15) is 5.75 Å². The van der Waals surface area contributed by atoms with E-state index in [4.69, 9.17) is 4.74 Å². The van der Waals surface area contributed by atoms with Gasteiger partial charge >= 0.3 is 0 Å². The average Bonchev–Trinajstić information content (AvgIpc) is 2.88. The van der Waals surface area contributed by atoms with Gasteiger partial charge in [-0.3, -0.25) is 4.79 Å². The molecule has 0 spiro atoms. The van der Waals surface area contributed by atoms with Crippen LogP contribution in [0.5, 0.6) is 5.75 Å². The number of ether oxygens (including phenoxy) is 1. The minimum Gasteiger partial charge on any atom is -0.508 e. The van der Waals surface area contributed by atoms with Crippen molar-refractivity contribution in [3.05, 3.63) is 23.8 Å². The number of aromatic hydroxyl groups is 1. The largest absolute Gasteiger partial charge is 0.508 e. The number of aryl methyl sites for hydroxylation is 1. The van der Waals surface area contributed by atoms with Crippen molar-refractivity contribution in [2.24, 2.45) is 5.92 Å². The van der Waals surface area contributed by atoms with Gasteiger partial charge in [-0.05, 0) is 43.7 Å². The molecule has 0 radical (unpaired) electrons. The Hall–Kier alpha value is -1.59. The first kappa shape index (κ1) is 14.8. The van der Waals surface area contributed by atoms with E-state index in [1.165, 1.54) is 0 Å². The highest BCUT2D eigenvalue weighted by molar-refractivity contribution is 5.94. The van der Waals surface area contributed by atoms with Crippen molar-refractivity contribution in [3.63, 3.8) is 0 Å². The number of amides is 1. The SMILES string of the molecule is CCCNC1COCC1C(=O)Nc1ccc(O)cc1C. The first-order chi connectivity index (χ1) is 9.61. The lowest BCUT2D eigenvalue weighted by atomic mass is 10.0. The predicted molar refractivity (Wildman–Crippen MR) is 77.9 cm³/mol. The second kappa shape index (κ2) is 6.72. The van der Waals surface area contributed by atoms with Crippen LogP contribution in [-0.2, 0) is 9.53 Å². The quantitative estimate of drug-likeness (QED) is 0.716. The van der Waals surface area contributed by atoms with Crippen LogP contribution in [0.3, 0.4) is 0 Å². The Morgan fingerprint density at radius 1 is 1.45 bits per heavy atom. The number of hydrogen-bond acceptors (Lipinski definition) is 4. The van der Waals surface area contributed by atoms with E-state index < -0.39 is 0 Å². The third-order valence-electron chi connectivity index (χ3n) is 3.54. The maximum Gasteiger partial charge on any atom is 0.231 e. The van der Waals surface area contributed by atoms with Crippen LogP contribution < -0.4 is 10.6 Å². The average molecular weight is 278 g/mol. The molecular weight excluding hydrogens is 256 g/mol. The van der Waals surface area contributed by atoms with Gasteiger partial charge < -0.3 is 20.5 Å². The van der Waals surface area contributed by atoms with Gasteiger partial charge in [0.2, 0.25) is 5.91 Å². The molecule has 20 heavy (non-hydrogen) atoms. The molecule has 1 saturated heterocycles.